The van der Waals surface area contributed by atoms with Crippen LogP contribution in [0.2, 0.25) is 10.0 Å². The second-order valence-corrected chi connectivity index (χ2v) is 8.02. The Hall–Kier alpha value is -1.73. The normalized spacial score (nSPS) is 27.6. The Morgan fingerprint density at radius 1 is 1.35 bits per heavy atom. The van der Waals surface area contributed by atoms with Gasteiger partial charge < -0.3 is 19.7 Å². The molecule has 1 aliphatic carbocycles. The summed E-state index contributed by atoms with van der Waals surface area (Å²) in [4.78, 5) is 25.4. The zero-order chi connectivity index (χ0) is 18.5. The van der Waals surface area contributed by atoms with E-state index in [0.29, 0.717) is 39.1 Å². The number of nitrogens with one attached hydrogen (secondary N) is 1. The molecule has 2 heterocycles. The van der Waals surface area contributed by atoms with Crippen molar-refractivity contribution in [1.82, 2.24) is 10.2 Å². The number of halogens is 3. The van der Waals surface area contributed by atoms with Crippen molar-refractivity contribution in [1.29, 1.82) is 0 Å². The summed E-state index contributed by atoms with van der Waals surface area (Å²) < 4.78 is 23.7. The summed E-state index contributed by atoms with van der Waals surface area (Å²) in [5.74, 6) is -0.0438. The lowest BCUT2D eigenvalue weighted by Crippen LogP contribution is -2.61. The van der Waals surface area contributed by atoms with Gasteiger partial charge in [-0.25, -0.2) is 9.18 Å². The Balaban J connectivity index is 1.23. The van der Waals surface area contributed by atoms with Crippen LogP contribution in [0.1, 0.15) is 12.8 Å². The first kappa shape index (κ1) is 17.7. The number of hydrogen-bond acceptors (Lipinski definition) is 4. The van der Waals surface area contributed by atoms with Crippen LogP contribution < -0.4 is 10.1 Å². The molecule has 26 heavy (non-hydrogen) atoms. The fraction of sp³-hybridized carbons (Fsp3) is 0.529. The van der Waals surface area contributed by atoms with Crippen molar-refractivity contribution in [2.75, 3.05) is 26.3 Å². The first-order chi connectivity index (χ1) is 12.3. The zero-order valence-electron chi connectivity index (χ0n) is 13.8. The third-order valence-corrected chi connectivity index (χ3v) is 5.73. The molecule has 1 N–H and O–H groups in total. The minimum Gasteiger partial charge on any atom is -0.490 e. The highest BCUT2D eigenvalue weighted by Gasteiger charge is 2.54. The highest BCUT2D eigenvalue weighted by molar-refractivity contribution is 6.37. The first-order valence-corrected chi connectivity index (χ1v) is 9.12. The van der Waals surface area contributed by atoms with Gasteiger partial charge in [-0.1, -0.05) is 23.2 Å². The van der Waals surface area contributed by atoms with Gasteiger partial charge in [-0.3, -0.25) is 4.79 Å². The summed E-state index contributed by atoms with van der Waals surface area (Å²) in [7, 11) is 0. The summed E-state index contributed by atoms with van der Waals surface area (Å²) in [5, 5.41) is 3.04. The molecule has 2 saturated heterocycles. The summed E-state index contributed by atoms with van der Waals surface area (Å²) in [6.07, 6.45) is 0.835. The number of likely N-dealkylation sites (tertiary alicyclic amines) is 1. The van der Waals surface area contributed by atoms with Gasteiger partial charge >= 0.3 is 6.09 Å². The van der Waals surface area contributed by atoms with Crippen LogP contribution in [0.15, 0.2) is 12.1 Å². The van der Waals surface area contributed by atoms with Crippen LogP contribution in [-0.4, -0.2) is 48.7 Å². The summed E-state index contributed by atoms with van der Waals surface area (Å²) in [6.45, 7) is 1.89. The topological polar surface area (TPSA) is 67.9 Å². The minimum absolute atomic E-state index is 0.0696. The smallest absolute Gasteiger partial charge is 0.407 e. The maximum atomic E-state index is 13.2. The van der Waals surface area contributed by atoms with Gasteiger partial charge in [0.25, 0.3) is 0 Å². The fourth-order valence-electron chi connectivity index (χ4n) is 3.75. The molecule has 1 aromatic carbocycles. The highest BCUT2D eigenvalue weighted by atomic mass is 35.5. The average molecular weight is 403 g/mol. The number of carbonyl (C=O) groups excluding carboxylic acids is 2. The van der Waals surface area contributed by atoms with E-state index < -0.39 is 11.9 Å². The van der Waals surface area contributed by atoms with Gasteiger partial charge in [-0.15, -0.1) is 0 Å². The fourth-order valence-corrected chi connectivity index (χ4v) is 4.32. The van der Waals surface area contributed by atoms with Gasteiger partial charge in [0.05, 0.1) is 22.2 Å². The monoisotopic (exact) mass is 402 g/mol. The predicted molar refractivity (Wildman–Crippen MR) is 91.9 cm³/mol. The molecule has 3 aliphatic rings. The molecule has 1 saturated carbocycles. The molecule has 6 nitrogen and oxygen atoms in total. The Morgan fingerprint density at radius 3 is 2.58 bits per heavy atom. The van der Waals surface area contributed by atoms with Gasteiger partial charge in [0, 0.05) is 24.9 Å². The van der Waals surface area contributed by atoms with Crippen molar-refractivity contribution in [3.8, 4) is 5.75 Å². The maximum absolute atomic E-state index is 13.2. The number of carbonyl (C=O) groups is 2. The molecule has 0 aromatic heterocycles. The molecule has 4 rings (SSSR count). The minimum atomic E-state index is -0.519. The van der Waals surface area contributed by atoms with Crippen LogP contribution in [0.5, 0.6) is 5.75 Å². The van der Waals surface area contributed by atoms with E-state index in [1.807, 2.05) is 0 Å². The molecule has 0 atom stereocenters. The van der Waals surface area contributed by atoms with Crippen LogP contribution in [0, 0.1) is 17.7 Å². The number of cyclic esters (lactones) is 1. The molecule has 9 heteroatoms. The summed E-state index contributed by atoms with van der Waals surface area (Å²) in [5.41, 5.74) is -0.346. The van der Waals surface area contributed by atoms with Crippen molar-refractivity contribution in [2.45, 2.75) is 18.4 Å². The Bertz CT molecular complexity index is 740. The van der Waals surface area contributed by atoms with Crippen LogP contribution in [0.25, 0.3) is 0 Å². The molecule has 2 aliphatic heterocycles. The van der Waals surface area contributed by atoms with Crippen LogP contribution >= 0.6 is 23.2 Å². The van der Waals surface area contributed by atoms with Gasteiger partial charge in [0.1, 0.15) is 12.4 Å². The van der Waals surface area contributed by atoms with Gasteiger partial charge in [-0.05, 0) is 25.0 Å². The van der Waals surface area contributed by atoms with Crippen LogP contribution in [-0.2, 0) is 9.53 Å². The highest BCUT2D eigenvalue weighted by Crippen LogP contribution is 2.42. The van der Waals surface area contributed by atoms with Crippen molar-refractivity contribution in [2.24, 2.45) is 11.8 Å². The van der Waals surface area contributed by atoms with E-state index in [-0.39, 0.29) is 39.1 Å². The summed E-state index contributed by atoms with van der Waals surface area (Å²) >= 11 is 11.9. The number of nitrogens with zero attached hydrogens (tertiary/aromatic N) is 1. The van der Waals surface area contributed by atoms with E-state index in [0.717, 1.165) is 12.1 Å². The molecule has 1 aromatic rings. The zero-order valence-corrected chi connectivity index (χ0v) is 15.3. The second-order valence-electron chi connectivity index (χ2n) is 7.21. The van der Waals surface area contributed by atoms with E-state index in [9.17, 15) is 14.0 Å². The molecule has 2 amide bonds. The van der Waals surface area contributed by atoms with E-state index in [4.69, 9.17) is 32.7 Å². The summed E-state index contributed by atoms with van der Waals surface area (Å²) in [6, 6.07) is 2.30. The van der Waals surface area contributed by atoms with Crippen molar-refractivity contribution in [3.63, 3.8) is 0 Å². The molecular formula is C17H17Cl2FN2O4. The largest absolute Gasteiger partial charge is 0.490 e. The number of benzene rings is 1. The number of amides is 2. The lowest BCUT2D eigenvalue weighted by Gasteiger charge is -2.47. The van der Waals surface area contributed by atoms with Gasteiger partial charge in [0.2, 0.25) is 5.91 Å². The van der Waals surface area contributed by atoms with Gasteiger partial charge in [-0.2, -0.15) is 0 Å². The van der Waals surface area contributed by atoms with E-state index in [1.54, 1.807) is 4.90 Å². The first-order valence-electron chi connectivity index (χ1n) is 8.36. The number of alkyl carbamates (subject to hydrolysis) is 1. The van der Waals surface area contributed by atoms with E-state index in [2.05, 4.69) is 5.32 Å². The van der Waals surface area contributed by atoms with Crippen molar-refractivity contribution >= 4 is 35.2 Å². The second kappa shape index (κ2) is 6.46. The third-order valence-electron chi connectivity index (χ3n) is 5.17. The average Bonchev–Trinajstić information content (AvgIpc) is 2.88. The molecule has 0 unspecified atom stereocenters. The predicted octanol–water partition coefficient (Wildman–Crippen LogP) is 2.86. The SMILES string of the molecule is O=C1NC2(CO1)CC(C(=O)N1CC(COc3c(Cl)cc(F)cc3Cl)C1)C2. The number of rotatable bonds is 4. The van der Waals surface area contributed by atoms with E-state index in [1.165, 1.54) is 0 Å². The molecule has 1 spiro atoms. The Morgan fingerprint density at radius 2 is 2.00 bits per heavy atom. The lowest BCUT2D eigenvalue weighted by atomic mass is 9.68. The molecule has 140 valence electrons. The van der Waals surface area contributed by atoms with Crippen molar-refractivity contribution < 1.29 is 23.5 Å². The van der Waals surface area contributed by atoms with Crippen LogP contribution in [0.3, 0.4) is 0 Å². The molecule has 0 bridgehead atoms. The number of ether oxygens (including phenoxy) is 2. The standard InChI is InChI=1S/C17H17Cl2FN2O4/c18-12-1-11(20)2-13(19)14(12)25-7-9-5-22(6-9)15(23)10-3-17(4-10)8-26-16(24)21-17/h1-2,9-10H,3-8H2,(H,21,24). The Labute approximate surface area is 159 Å². The van der Waals surface area contributed by atoms with E-state index >= 15 is 0 Å². The maximum Gasteiger partial charge on any atom is 0.407 e. The lowest BCUT2D eigenvalue weighted by molar-refractivity contribution is -0.148. The Kier molecular flexibility index (Phi) is 4.39. The molecular weight excluding hydrogens is 386 g/mol. The van der Waals surface area contributed by atoms with Crippen LogP contribution in [0.4, 0.5) is 9.18 Å². The van der Waals surface area contributed by atoms with Gasteiger partial charge in [0.15, 0.2) is 5.75 Å². The molecule has 3 fully saturated rings. The molecule has 0 radical (unpaired) electrons. The van der Waals surface area contributed by atoms with Crippen molar-refractivity contribution in [3.05, 3.63) is 28.0 Å². The number of hydrogen-bond donors (Lipinski definition) is 1. The third kappa shape index (κ3) is 3.18. The quantitative estimate of drug-likeness (QED) is 0.840.